The number of imidazole rings is 1. The molecule has 3 rings (SSSR count). The smallest absolute Gasteiger partial charge is 0.350 e. The lowest BCUT2D eigenvalue weighted by molar-refractivity contribution is -0.140. The lowest BCUT2D eigenvalue weighted by atomic mass is 10.2. The van der Waals surface area contributed by atoms with Gasteiger partial charge in [0.1, 0.15) is 5.65 Å². The zero-order chi connectivity index (χ0) is 15.9. The number of aromatic nitrogens is 2. The van der Waals surface area contributed by atoms with Crippen LogP contribution in [0, 0.1) is 5.92 Å². The summed E-state index contributed by atoms with van der Waals surface area (Å²) >= 11 is 0. The standard InChI is InChI=1S/C14H15F3N4O/c15-14(16,17)11-7-21-5-1-2-9(12(21)20-11)13(22)19-6-10(18)8-3-4-8/h1-2,5,7-8,10H,3-4,6,18H2,(H,19,22). The van der Waals surface area contributed by atoms with Gasteiger partial charge >= 0.3 is 6.18 Å². The molecule has 0 radical (unpaired) electrons. The Morgan fingerprint density at radius 3 is 2.86 bits per heavy atom. The number of nitrogens with zero attached hydrogens (tertiary/aromatic N) is 2. The number of fused-ring (bicyclic) bond motifs is 1. The molecule has 2 aromatic rings. The summed E-state index contributed by atoms with van der Waals surface area (Å²) in [6.45, 7) is 0.303. The van der Waals surface area contributed by atoms with Crippen molar-refractivity contribution < 1.29 is 18.0 Å². The summed E-state index contributed by atoms with van der Waals surface area (Å²) in [5.41, 5.74) is 4.95. The Morgan fingerprint density at radius 2 is 2.23 bits per heavy atom. The third kappa shape index (κ3) is 2.92. The van der Waals surface area contributed by atoms with E-state index in [0.29, 0.717) is 12.5 Å². The van der Waals surface area contributed by atoms with Crippen molar-refractivity contribution in [1.29, 1.82) is 0 Å². The van der Waals surface area contributed by atoms with Gasteiger partial charge in [-0.05, 0) is 30.9 Å². The molecule has 1 aliphatic rings. The van der Waals surface area contributed by atoms with E-state index in [2.05, 4.69) is 10.3 Å². The Kier molecular flexibility index (Phi) is 3.56. The number of halogens is 3. The molecule has 0 aromatic carbocycles. The van der Waals surface area contributed by atoms with Crippen molar-refractivity contribution in [3.05, 3.63) is 35.8 Å². The molecule has 0 spiro atoms. The van der Waals surface area contributed by atoms with Crippen LogP contribution >= 0.6 is 0 Å². The number of carbonyl (C=O) groups excluding carboxylic acids is 1. The summed E-state index contributed by atoms with van der Waals surface area (Å²) in [6, 6.07) is 2.83. The fraction of sp³-hybridized carbons (Fsp3) is 0.429. The van der Waals surface area contributed by atoms with Gasteiger partial charge in [-0.1, -0.05) is 0 Å². The van der Waals surface area contributed by atoms with Crippen molar-refractivity contribution in [3.8, 4) is 0 Å². The molecule has 2 heterocycles. The minimum absolute atomic E-state index is 0.0210. The number of rotatable bonds is 4. The second-order valence-corrected chi connectivity index (χ2v) is 5.49. The minimum atomic E-state index is -4.55. The van der Waals surface area contributed by atoms with E-state index in [-0.39, 0.29) is 17.3 Å². The molecule has 0 saturated heterocycles. The van der Waals surface area contributed by atoms with Gasteiger partial charge in [0.05, 0.1) is 5.56 Å². The zero-order valence-corrected chi connectivity index (χ0v) is 11.6. The molecular formula is C14H15F3N4O. The second kappa shape index (κ2) is 5.28. The van der Waals surface area contributed by atoms with Gasteiger partial charge in [0.2, 0.25) is 0 Å². The van der Waals surface area contributed by atoms with Crippen LogP contribution in [0.15, 0.2) is 24.5 Å². The van der Waals surface area contributed by atoms with Crippen LogP contribution in [0.5, 0.6) is 0 Å². The average Bonchev–Trinajstić information content (AvgIpc) is 3.20. The minimum Gasteiger partial charge on any atom is -0.350 e. The van der Waals surface area contributed by atoms with E-state index in [9.17, 15) is 18.0 Å². The third-order valence-electron chi connectivity index (χ3n) is 3.74. The highest BCUT2D eigenvalue weighted by Gasteiger charge is 2.34. The van der Waals surface area contributed by atoms with Crippen molar-refractivity contribution in [2.75, 3.05) is 6.54 Å². The first kappa shape index (κ1) is 14.8. The van der Waals surface area contributed by atoms with Crippen LogP contribution in [0.4, 0.5) is 13.2 Å². The number of nitrogens with one attached hydrogen (secondary N) is 1. The van der Waals surface area contributed by atoms with Crippen LogP contribution in [-0.2, 0) is 6.18 Å². The number of amides is 1. The van der Waals surface area contributed by atoms with E-state index in [4.69, 9.17) is 5.73 Å². The molecule has 5 nitrogen and oxygen atoms in total. The number of hydrogen-bond acceptors (Lipinski definition) is 3. The molecule has 1 unspecified atom stereocenters. The lowest BCUT2D eigenvalue weighted by Crippen LogP contribution is -2.38. The quantitative estimate of drug-likeness (QED) is 0.904. The van der Waals surface area contributed by atoms with Gasteiger partial charge in [-0.3, -0.25) is 4.79 Å². The monoisotopic (exact) mass is 312 g/mol. The average molecular weight is 312 g/mol. The Hall–Kier alpha value is -2.09. The normalized spacial score (nSPS) is 16.7. The highest BCUT2D eigenvalue weighted by Crippen LogP contribution is 2.31. The van der Waals surface area contributed by atoms with Gasteiger partial charge in [0.15, 0.2) is 5.69 Å². The van der Waals surface area contributed by atoms with Gasteiger partial charge in [0.25, 0.3) is 5.91 Å². The number of nitrogens with two attached hydrogens (primary N) is 1. The van der Waals surface area contributed by atoms with Crippen LogP contribution < -0.4 is 11.1 Å². The summed E-state index contributed by atoms with van der Waals surface area (Å²) in [4.78, 5) is 15.7. The highest BCUT2D eigenvalue weighted by molar-refractivity contribution is 5.99. The van der Waals surface area contributed by atoms with Crippen LogP contribution in [0.25, 0.3) is 5.65 Å². The van der Waals surface area contributed by atoms with Crippen molar-refractivity contribution in [2.45, 2.75) is 25.1 Å². The van der Waals surface area contributed by atoms with Crippen LogP contribution in [0.3, 0.4) is 0 Å². The zero-order valence-electron chi connectivity index (χ0n) is 11.6. The topological polar surface area (TPSA) is 72.4 Å². The van der Waals surface area contributed by atoms with Gasteiger partial charge in [0, 0.05) is 25.0 Å². The molecule has 2 aromatic heterocycles. The number of alkyl halides is 3. The Labute approximate surface area is 124 Å². The van der Waals surface area contributed by atoms with Gasteiger partial charge in [-0.2, -0.15) is 13.2 Å². The molecular weight excluding hydrogens is 297 g/mol. The predicted octanol–water partition coefficient (Wildman–Crippen LogP) is 1.82. The van der Waals surface area contributed by atoms with E-state index < -0.39 is 17.8 Å². The highest BCUT2D eigenvalue weighted by atomic mass is 19.4. The molecule has 8 heteroatoms. The van der Waals surface area contributed by atoms with Gasteiger partial charge < -0.3 is 15.5 Å². The molecule has 3 N–H and O–H groups in total. The first-order chi connectivity index (χ1) is 10.4. The van der Waals surface area contributed by atoms with E-state index in [1.54, 1.807) is 0 Å². The maximum absolute atomic E-state index is 12.7. The predicted molar refractivity (Wildman–Crippen MR) is 73.2 cm³/mol. The maximum Gasteiger partial charge on any atom is 0.434 e. The molecule has 22 heavy (non-hydrogen) atoms. The molecule has 1 aliphatic carbocycles. The van der Waals surface area contributed by atoms with E-state index in [1.165, 1.54) is 22.7 Å². The number of hydrogen-bond donors (Lipinski definition) is 2. The van der Waals surface area contributed by atoms with E-state index in [1.807, 2.05) is 0 Å². The molecule has 1 fully saturated rings. The van der Waals surface area contributed by atoms with Crippen molar-refractivity contribution in [1.82, 2.24) is 14.7 Å². The maximum atomic E-state index is 12.7. The second-order valence-electron chi connectivity index (χ2n) is 5.49. The summed E-state index contributed by atoms with van der Waals surface area (Å²) in [6.07, 6.45) is -0.149. The SMILES string of the molecule is NC(CNC(=O)c1cccn2cc(C(F)(F)F)nc12)C1CC1. The largest absolute Gasteiger partial charge is 0.434 e. The van der Waals surface area contributed by atoms with Crippen molar-refractivity contribution >= 4 is 11.6 Å². The fourth-order valence-corrected chi connectivity index (χ4v) is 2.32. The first-order valence-electron chi connectivity index (χ1n) is 6.95. The Balaban J connectivity index is 1.83. The van der Waals surface area contributed by atoms with Crippen LogP contribution in [0.2, 0.25) is 0 Å². The third-order valence-corrected chi connectivity index (χ3v) is 3.74. The van der Waals surface area contributed by atoms with Gasteiger partial charge in [-0.15, -0.1) is 0 Å². The number of pyridine rings is 1. The molecule has 1 amide bonds. The molecule has 0 bridgehead atoms. The lowest BCUT2D eigenvalue weighted by Gasteiger charge is -2.11. The fourth-order valence-electron chi connectivity index (χ4n) is 2.32. The summed E-state index contributed by atoms with van der Waals surface area (Å²) in [5.74, 6) is -0.0413. The van der Waals surface area contributed by atoms with Crippen molar-refractivity contribution in [3.63, 3.8) is 0 Å². The molecule has 118 valence electrons. The summed E-state index contributed by atoms with van der Waals surface area (Å²) in [7, 11) is 0. The van der Waals surface area contributed by atoms with Crippen LogP contribution in [-0.4, -0.2) is 27.9 Å². The van der Waals surface area contributed by atoms with E-state index >= 15 is 0 Å². The molecule has 1 saturated carbocycles. The van der Waals surface area contributed by atoms with E-state index in [0.717, 1.165) is 19.0 Å². The first-order valence-corrected chi connectivity index (χ1v) is 6.95. The van der Waals surface area contributed by atoms with Crippen molar-refractivity contribution in [2.24, 2.45) is 11.7 Å². The summed E-state index contributed by atoms with van der Waals surface area (Å²) < 4.78 is 39.3. The Bertz CT molecular complexity index is 706. The van der Waals surface area contributed by atoms with Gasteiger partial charge in [-0.25, -0.2) is 4.98 Å². The Morgan fingerprint density at radius 1 is 1.50 bits per heavy atom. The number of carbonyl (C=O) groups is 1. The molecule has 0 aliphatic heterocycles. The summed E-state index contributed by atoms with van der Waals surface area (Å²) in [5, 5.41) is 2.66. The van der Waals surface area contributed by atoms with Crippen LogP contribution in [0.1, 0.15) is 28.9 Å². The molecule has 1 atom stereocenters.